The summed E-state index contributed by atoms with van der Waals surface area (Å²) >= 11 is 0. The maximum absolute atomic E-state index is 4.25. The molecule has 84 valence electrons. The smallest absolute Gasteiger partial charge is 0.0729 e. The van der Waals surface area contributed by atoms with E-state index in [-0.39, 0.29) is 0 Å². The lowest BCUT2D eigenvalue weighted by Crippen LogP contribution is -2.37. The van der Waals surface area contributed by atoms with Crippen molar-refractivity contribution in [3.63, 3.8) is 0 Å². The number of aryl methyl sites for hydroxylation is 1. The molecular formula is C11H20N4. The lowest BCUT2D eigenvalue weighted by Gasteiger charge is -2.20. The first-order valence-electron chi connectivity index (χ1n) is 5.82. The van der Waals surface area contributed by atoms with E-state index in [4.69, 9.17) is 0 Å². The fraction of sp³-hybridized carbons (Fsp3) is 0.727. The highest BCUT2D eigenvalue weighted by molar-refractivity contribution is 5.39. The van der Waals surface area contributed by atoms with Gasteiger partial charge in [-0.2, -0.15) is 5.10 Å². The van der Waals surface area contributed by atoms with Gasteiger partial charge < -0.3 is 10.6 Å². The first-order chi connectivity index (χ1) is 7.29. The molecule has 1 aromatic rings. The maximum Gasteiger partial charge on any atom is 0.0729 e. The van der Waals surface area contributed by atoms with E-state index in [1.165, 1.54) is 12.8 Å². The second-order valence-electron chi connectivity index (χ2n) is 4.22. The third-order valence-corrected chi connectivity index (χ3v) is 3.05. The monoisotopic (exact) mass is 208 g/mol. The molecule has 0 aromatic carbocycles. The van der Waals surface area contributed by atoms with E-state index in [2.05, 4.69) is 35.8 Å². The Labute approximate surface area is 91.1 Å². The molecule has 1 unspecified atom stereocenters. The van der Waals surface area contributed by atoms with Crippen molar-refractivity contribution in [2.45, 2.75) is 45.3 Å². The minimum Gasteiger partial charge on any atom is -0.378 e. The molecule has 2 heterocycles. The summed E-state index contributed by atoms with van der Waals surface area (Å²) in [5, 5.41) is 11.2. The van der Waals surface area contributed by atoms with E-state index in [9.17, 15) is 0 Å². The van der Waals surface area contributed by atoms with Gasteiger partial charge in [0.25, 0.3) is 0 Å². The second-order valence-corrected chi connectivity index (χ2v) is 4.22. The van der Waals surface area contributed by atoms with Crippen LogP contribution in [0.15, 0.2) is 12.4 Å². The molecule has 1 aliphatic rings. The minimum atomic E-state index is 0.474. The Hall–Kier alpha value is -1.03. The van der Waals surface area contributed by atoms with Gasteiger partial charge in [0, 0.05) is 24.8 Å². The van der Waals surface area contributed by atoms with Crippen LogP contribution < -0.4 is 10.6 Å². The van der Waals surface area contributed by atoms with Crippen molar-refractivity contribution in [2.75, 3.05) is 11.9 Å². The Morgan fingerprint density at radius 2 is 2.60 bits per heavy atom. The summed E-state index contributed by atoms with van der Waals surface area (Å²) in [4.78, 5) is 0. The summed E-state index contributed by atoms with van der Waals surface area (Å²) in [6.07, 6.45) is 6.53. The van der Waals surface area contributed by atoms with Gasteiger partial charge in [-0.1, -0.05) is 0 Å². The Balaban J connectivity index is 1.89. The van der Waals surface area contributed by atoms with Crippen LogP contribution in [0.25, 0.3) is 0 Å². The van der Waals surface area contributed by atoms with Gasteiger partial charge in [-0.15, -0.1) is 0 Å². The Morgan fingerprint density at radius 3 is 3.20 bits per heavy atom. The van der Waals surface area contributed by atoms with Crippen LogP contribution in [0.3, 0.4) is 0 Å². The molecule has 0 radical (unpaired) electrons. The zero-order valence-corrected chi connectivity index (χ0v) is 9.53. The average Bonchev–Trinajstić information content (AvgIpc) is 2.87. The molecule has 2 N–H and O–H groups in total. The predicted octanol–water partition coefficient (Wildman–Crippen LogP) is 1.46. The van der Waals surface area contributed by atoms with E-state index in [1.807, 2.05) is 10.9 Å². The van der Waals surface area contributed by atoms with Gasteiger partial charge in [0.15, 0.2) is 0 Å². The van der Waals surface area contributed by atoms with Gasteiger partial charge in [0.05, 0.1) is 11.9 Å². The van der Waals surface area contributed by atoms with Gasteiger partial charge in [0.2, 0.25) is 0 Å². The molecule has 15 heavy (non-hydrogen) atoms. The number of hydrogen-bond acceptors (Lipinski definition) is 3. The molecule has 0 spiro atoms. The van der Waals surface area contributed by atoms with E-state index < -0.39 is 0 Å². The maximum atomic E-state index is 4.25. The lowest BCUT2D eigenvalue weighted by molar-refractivity contribution is 0.538. The summed E-state index contributed by atoms with van der Waals surface area (Å²) in [6.45, 7) is 6.41. The summed E-state index contributed by atoms with van der Waals surface area (Å²) in [6, 6.07) is 1.08. The number of nitrogens with one attached hydrogen (secondary N) is 2. The molecule has 2 atom stereocenters. The van der Waals surface area contributed by atoms with Crippen molar-refractivity contribution in [1.82, 2.24) is 15.1 Å². The molecule has 1 fully saturated rings. The minimum absolute atomic E-state index is 0.474. The molecule has 0 aliphatic carbocycles. The standard InChI is InChI=1S/C11H20N4/c1-3-15-8-10(7-13-15)14-9(2)11-5-4-6-12-11/h7-9,11-12,14H,3-6H2,1-2H3/t9?,11-/m0/s1. The highest BCUT2D eigenvalue weighted by Crippen LogP contribution is 2.14. The SMILES string of the molecule is CCn1cc(NC(C)[C@@H]2CCCN2)cn1. The topological polar surface area (TPSA) is 41.9 Å². The number of nitrogens with zero attached hydrogens (tertiary/aromatic N) is 2. The van der Waals surface area contributed by atoms with Crippen LogP contribution in [0, 0.1) is 0 Å². The molecule has 4 heteroatoms. The third-order valence-electron chi connectivity index (χ3n) is 3.05. The largest absolute Gasteiger partial charge is 0.378 e. The molecule has 1 aromatic heterocycles. The first kappa shape index (κ1) is 10.5. The number of hydrogen-bond donors (Lipinski definition) is 2. The number of rotatable bonds is 4. The quantitative estimate of drug-likeness (QED) is 0.787. The van der Waals surface area contributed by atoms with Crippen LogP contribution in [0.2, 0.25) is 0 Å². The highest BCUT2D eigenvalue weighted by atomic mass is 15.3. The van der Waals surface area contributed by atoms with Gasteiger partial charge in [-0.3, -0.25) is 4.68 Å². The number of aromatic nitrogens is 2. The molecular weight excluding hydrogens is 188 g/mol. The second kappa shape index (κ2) is 4.66. The van der Waals surface area contributed by atoms with E-state index in [0.717, 1.165) is 18.8 Å². The predicted molar refractivity (Wildman–Crippen MR) is 62.0 cm³/mol. The van der Waals surface area contributed by atoms with E-state index >= 15 is 0 Å². The van der Waals surface area contributed by atoms with Crippen LogP contribution in [0.1, 0.15) is 26.7 Å². The molecule has 0 amide bonds. The first-order valence-corrected chi connectivity index (χ1v) is 5.82. The fourth-order valence-electron chi connectivity index (χ4n) is 2.11. The normalized spacial score (nSPS) is 22.9. The number of anilines is 1. The van der Waals surface area contributed by atoms with Gasteiger partial charge in [0.1, 0.15) is 0 Å². The van der Waals surface area contributed by atoms with Gasteiger partial charge in [-0.25, -0.2) is 0 Å². The summed E-state index contributed by atoms with van der Waals surface area (Å²) in [5.41, 5.74) is 1.12. The molecule has 1 aliphatic heterocycles. The zero-order valence-electron chi connectivity index (χ0n) is 9.53. The van der Waals surface area contributed by atoms with Crippen LogP contribution in [0.5, 0.6) is 0 Å². The van der Waals surface area contributed by atoms with Crippen molar-refractivity contribution < 1.29 is 0 Å². The third kappa shape index (κ3) is 2.50. The summed E-state index contributed by atoms with van der Waals surface area (Å²) in [7, 11) is 0. The molecule has 2 rings (SSSR count). The van der Waals surface area contributed by atoms with Crippen molar-refractivity contribution >= 4 is 5.69 Å². The Morgan fingerprint density at radius 1 is 1.73 bits per heavy atom. The summed E-state index contributed by atoms with van der Waals surface area (Å²) < 4.78 is 1.94. The van der Waals surface area contributed by atoms with Crippen molar-refractivity contribution in [3.8, 4) is 0 Å². The summed E-state index contributed by atoms with van der Waals surface area (Å²) in [5.74, 6) is 0. The van der Waals surface area contributed by atoms with Gasteiger partial charge >= 0.3 is 0 Å². The zero-order chi connectivity index (χ0) is 10.7. The van der Waals surface area contributed by atoms with Crippen molar-refractivity contribution in [3.05, 3.63) is 12.4 Å². The van der Waals surface area contributed by atoms with E-state index in [1.54, 1.807) is 0 Å². The molecule has 0 bridgehead atoms. The van der Waals surface area contributed by atoms with Crippen LogP contribution >= 0.6 is 0 Å². The van der Waals surface area contributed by atoms with Crippen molar-refractivity contribution in [1.29, 1.82) is 0 Å². The molecule has 4 nitrogen and oxygen atoms in total. The fourth-order valence-corrected chi connectivity index (χ4v) is 2.11. The van der Waals surface area contributed by atoms with E-state index in [0.29, 0.717) is 12.1 Å². The Kier molecular flexibility index (Phi) is 3.26. The van der Waals surface area contributed by atoms with Gasteiger partial charge in [-0.05, 0) is 33.2 Å². The van der Waals surface area contributed by atoms with Crippen LogP contribution in [0.4, 0.5) is 5.69 Å². The molecule has 0 saturated carbocycles. The molecule has 1 saturated heterocycles. The van der Waals surface area contributed by atoms with Crippen LogP contribution in [-0.2, 0) is 6.54 Å². The highest BCUT2D eigenvalue weighted by Gasteiger charge is 2.20. The average molecular weight is 208 g/mol. The lowest BCUT2D eigenvalue weighted by atomic mass is 10.1. The van der Waals surface area contributed by atoms with Crippen molar-refractivity contribution in [2.24, 2.45) is 0 Å². The Bertz CT molecular complexity index is 301. The van der Waals surface area contributed by atoms with Crippen LogP contribution in [-0.4, -0.2) is 28.4 Å².